The van der Waals surface area contributed by atoms with Crippen molar-refractivity contribution < 1.29 is 4.79 Å². The van der Waals surface area contributed by atoms with Gasteiger partial charge in [0.2, 0.25) is 0 Å². The first-order valence-electron chi connectivity index (χ1n) is 9.27. The topological polar surface area (TPSA) is 73.8 Å². The smallest absolute Gasteiger partial charge is 0.250 e. The molecule has 0 bridgehead atoms. The van der Waals surface area contributed by atoms with Gasteiger partial charge in [-0.2, -0.15) is 5.10 Å². The fourth-order valence-electron chi connectivity index (χ4n) is 4.07. The minimum absolute atomic E-state index is 0.387. The van der Waals surface area contributed by atoms with Gasteiger partial charge in [0, 0.05) is 24.1 Å². The average molecular weight is 340 g/mol. The van der Waals surface area contributed by atoms with Crippen molar-refractivity contribution in [2.75, 3.05) is 0 Å². The number of carbonyl (C=O) groups is 1. The van der Waals surface area contributed by atoms with Crippen molar-refractivity contribution in [3.63, 3.8) is 0 Å². The predicted octanol–water partition coefficient (Wildman–Crippen LogP) is 3.53. The minimum atomic E-state index is -0.387. The Morgan fingerprint density at radius 2 is 1.96 bits per heavy atom. The van der Waals surface area contributed by atoms with E-state index in [4.69, 9.17) is 5.73 Å². The van der Waals surface area contributed by atoms with E-state index in [2.05, 4.69) is 28.6 Å². The third kappa shape index (κ3) is 3.75. The first-order chi connectivity index (χ1) is 12.0. The molecule has 0 aromatic carbocycles. The molecule has 134 valence electrons. The maximum atomic E-state index is 11.5. The second kappa shape index (κ2) is 7.38. The van der Waals surface area contributed by atoms with Crippen molar-refractivity contribution >= 4 is 5.91 Å². The van der Waals surface area contributed by atoms with Gasteiger partial charge in [-0.15, -0.1) is 0 Å². The molecule has 5 heteroatoms. The number of amides is 1. The molecule has 0 saturated heterocycles. The number of carbonyl (C=O) groups excluding carboxylic acids is 1. The Kier molecular flexibility index (Phi) is 5.21. The predicted molar refractivity (Wildman–Crippen MR) is 98.5 cm³/mol. The van der Waals surface area contributed by atoms with Crippen LogP contribution < -0.4 is 5.73 Å². The number of pyridine rings is 1. The zero-order chi connectivity index (χ0) is 18.0. The molecule has 0 atom stereocenters. The lowest BCUT2D eigenvalue weighted by atomic mass is 9.78. The summed E-state index contributed by atoms with van der Waals surface area (Å²) in [6.45, 7) is 7.18. The second-order valence-corrected chi connectivity index (χ2v) is 7.29. The third-order valence-corrected chi connectivity index (χ3v) is 5.62. The van der Waals surface area contributed by atoms with E-state index >= 15 is 0 Å². The summed E-state index contributed by atoms with van der Waals surface area (Å²) in [6, 6.07) is 1.95. The van der Waals surface area contributed by atoms with Gasteiger partial charge in [0.25, 0.3) is 5.91 Å². The van der Waals surface area contributed by atoms with E-state index in [1.807, 2.05) is 25.4 Å². The summed E-state index contributed by atoms with van der Waals surface area (Å²) in [7, 11) is 0. The number of aryl methyl sites for hydroxylation is 2. The Labute approximate surface area is 149 Å². The molecule has 0 spiro atoms. The Balaban J connectivity index is 1.64. The molecule has 2 aromatic rings. The number of primary amides is 1. The standard InChI is InChI=1S/C20H28N4O/c1-4-19-13(2)10-23-24(19)12-15-5-7-16(8-6-15)17-9-18(20(21)25)14(3)22-11-17/h9-11,15-16H,4-8,12H2,1-3H3,(H2,21,25). The Morgan fingerprint density at radius 1 is 1.24 bits per heavy atom. The van der Waals surface area contributed by atoms with Crippen LogP contribution in [-0.4, -0.2) is 20.7 Å². The third-order valence-electron chi connectivity index (χ3n) is 5.62. The molecule has 5 nitrogen and oxygen atoms in total. The highest BCUT2D eigenvalue weighted by molar-refractivity contribution is 5.93. The lowest BCUT2D eigenvalue weighted by Crippen LogP contribution is -2.21. The fourth-order valence-corrected chi connectivity index (χ4v) is 4.07. The van der Waals surface area contributed by atoms with E-state index in [0.717, 1.165) is 31.4 Å². The van der Waals surface area contributed by atoms with Crippen molar-refractivity contribution in [1.29, 1.82) is 0 Å². The van der Waals surface area contributed by atoms with Crippen molar-refractivity contribution in [2.24, 2.45) is 11.7 Å². The van der Waals surface area contributed by atoms with Gasteiger partial charge >= 0.3 is 0 Å². The first-order valence-corrected chi connectivity index (χ1v) is 9.27. The molecule has 0 radical (unpaired) electrons. The van der Waals surface area contributed by atoms with Crippen LogP contribution in [0.1, 0.15) is 71.4 Å². The van der Waals surface area contributed by atoms with E-state index in [0.29, 0.717) is 23.1 Å². The molecule has 1 aliphatic carbocycles. The van der Waals surface area contributed by atoms with Gasteiger partial charge in [-0.25, -0.2) is 0 Å². The maximum absolute atomic E-state index is 11.5. The molecule has 1 fully saturated rings. The summed E-state index contributed by atoms with van der Waals surface area (Å²) in [6.07, 6.45) is 9.57. The van der Waals surface area contributed by atoms with E-state index in [1.165, 1.54) is 24.1 Å². The van der Waals surface area contributed by atoms with Gasteiger partial charge in [0.1, 0.15) is 0 Å². The van der Waals surface area contributed by atoms with Gasteiger partial charge in [0.15, 0.2) is 0 Å². The molecule has 2 N–H and O–H groups in total. The van der Waals surface area contributed by atoms with Crippen LogP contribution in [0.5, 0.6) is 0 Å². The van der Waals surface area contributed by atoms with Crippen LogP contribution in [0, 0.1) is 19.8 Å². The number of hydrogen-bond acceptors (Lipinski definition) is 3. The molecular formula is C20H28N4O. The summed E-state index contributed by atoms with van der Waals surface area (Å²) in [5.74, 6) is 0.768. The molecule has 2 heterocycles. The van der Waals surface area contributed by atoms with Crippen molar-refractivity contribution in [2.45, 2.75) is 65.3 Å². The molecule has 0 unspecified atom stereocenters. The first kappa shape index (κ1) is 17.6. The SMILES string of the molecule is CCc1c(C)cnn1CC1CCC(c2cnc(C)c(C(N)=O)c2)CC1. The van der Waals surface area contributed by atoms with Crippen LogP contribution in [0.4, 0.5) is 0 Å². The number of hydrogen-bond donors (Lipinski definition) is 1. The van der Waals surface area contributed by atoms with E-state index in [-0.39, 0.29) is 5.91 Å². The molecule has 25 heavy (non-hydrogen) atoms. The van der Waals surface area contributed by atoms with Crippen LogP contribution in [0.3, 0.4) is 0 Å². The van der Waals surface area contributed by atoms with E-state index in [1.54, 1.807) is 0 Å². The van der Waals surface area contributed by atoms with Crippen LogP contribution in [0.2, 0.25) is 0 Å². The van der Waals surface area contributed by atoms with Crippen molar-refractivity contribution in [3.05, 3.63) is 46.5 Å². The largest absolute Gasteiger partial charge is 0.366 e. The fraction of sp³-hybridized carbons (Fsp3) is 0.550. The van der Waals surface area contributed by atoms with Gasteiger partial charge in [-0.1, -0.05) is 6.92 Å². The quantitative estimate of drug-likeness (QED) is 0.905. The van der Waals surface area contributed by atoms with E-state index in [9.17, 15) is 4.79 Å². The zero-order valence-corrected chi connectivity index (χ0v) is 15.5. The monoisotopic (exact) mass is 340 g/mol. The maximum Gasteiger partial charge on any atom is 0.250 e. The summed E-state index contributed by atoms with van der Waals surface area (Å²) in [5.41, 5.74) is 10.5. The van der Waals surface area contributed by atoms with Gasteiger partial charge in [-0.05, 0) is 75.0 Å². The number of nitrogens with two attached hydrogens (primary N) is 1. The highest BCUT2D eigenvalue weighted by Gasteiger charge is 2.24. The Morgan fingerprint density at radius 3 is 2.60 bits per heavy atom. The molecule has 2 aromatic heterocycles. The van der Waals surface area contributed by atoms with Crippen LogP contribution >= 0.6 is 0 Å². The summed E-state index contributed by atoms with van der Waals surface area (Å²) >= 11 is 0. The van der Waals surface area contributed by atoms with Gasteiger partial charge < -0.3 is 5.73 Å². The highest BCUT2D eigenvalue weighted by Crippen LogP contribution is 2.36. The molecule has 1 amide bonds. The normalized spacial score (nSPS) is 20.6. The van der Waals surface area contributed by atoms with E-state index < -0.39 is 0 Å². The van der Waals surface area contributed by atoms with Gasteiger partial charge in [-0.3, -0.25) is 14.5 Å². The highest BCUT2D eigenvalue weighted by atomic mass is 16.1. The zero-order valence-electron chi connectivity index (χ0n) is 15.5. The Bertz CT molecular complexity index is 757. The number of nitrogens with zero attached hydrogens (tertiary/aromatic N) is 3. The lowest BCUT2D eigenvalue weighted by molar-refractivity contribution is 0.0999. The molecule has 3 rings (SSSR count). The molecule has 1 saturated carbocycles. The molecule has 1 aliphatic rings. The van der Waals surface area contributed by atoms with Crippen molar-refractivity contribution in [3.8, 4) is 0 Å². The van der Waals surface area contributed by atoms with Gasteiger partial charge in [0.05, 0.1) is 11.8 Å². The molecular weight excluding hydrogens is 312 g/mol. The van der Waals surface area contributed by atoms with Crippen molar-refractivity contribution in [1.82, 2.24) is 14.8 Å². The summed E-state index contributed by atoms with van der Waals surface area (Å²) in [5, 5.41) is 4.55. The van der Waals surface area contributed by atoms with Crippen LogP contribution in [-0.2, 0) is 13.0 Å². The summed E-state index contributed by atoms with van der Waals surface area (Å²) < 4.78 is 2.19. The second-order valence-electron chi connectivity index (χ2n) is 7.29. The van der Waals surface area contributed by atoms with Crippen LogP contribution in [0.15, 0.2) is 18.5 Å². The van der Waals surface area contributed by atoms with Crippen LogP contribution in [0.25, 0.3) is 0 Å². The molecule has 0 aliphatic heterocycles. The Hall–Kier alpha value is -2.17. The average Bonchev–Trinajstić information content (AvgIpc) is 2.95. The number of rotatable bonds is 5. The summed E-state index contributed by atoms with van der Waals surface area (Å²) in [4.78, 5) is 15.9. The minimum Gasteiger partial charge on any atom is -0.366 e. The number of aromatic nitrogens is 3. The lowest BCUT2D eigenvalue weighted by Gasteiger charge is -2.29.